The molecule has 2 amide bonds. The summed E-state index contributed by atoms with van der Waals surface area (Å²) in [6.45, 7) is 3.46. The molecule has 0 aromatic heterocycles. The molecular weight excluding hydrogens is 278 g/mol. The molecule has 118 valence electrons. The minimum absolute atomic E-state index is 0.0882. The van der Waals surface area contributed by atoms with Crippen molar-refractivity contribution in [1.29, 1.82) is 0 Å². The Morgan fingerprint density at radius 1 is 1.18 bits per heavy atom. The van der Waals surface area contributed by atoms with Gasteiger partial charge in [-0.05, 0) is 18.4 Å². The van der Waals surface area contributed by atoms with Gasteiger partial charge in [-0.15, -0.1) is 0 Å². The Hall–Kier alpha value is -1.88. The number of nitrogens with zero attached hydrogens (tertiary/aromatic N) is 2. The summed E-state index contributed by atoms with van der Waals surface area (Å²) in [4.78, 5) is 27.6. The number of nitrogens with two attached hydrogens (primary N) is 1. The van der Waals surface area contributed by atoms with Gasteiger partial charge < -0.3 is 10.6 Å². The van der Waals surface area contributed by atoms with Gasteiger partial charge in [0.1, 0.15) is 0 Å². The topological polar surface area (TPSA) is 66.6 Å². The Balaban J connectivity index is 1.52. The molecule has 0 spiro atoms. The molecule has 0 saturated carbocycles. The molecule has 0 bridgehead atoms. The molecule has 0 aliphatic carbocycles. The molecule has 2 saturated heterocycles. The average Bonchev–Trinajstić information content (AvgIpc) is 2.91. The maximum atomic E-state index is 12.1. The number of benzene rings is 1. The number of likely N-dealkylation sites (tertiary alicyclic amines) is 2. The van der Waals surface area contributed by atoms with E-state index in [2.05, 4.69) is 29.2 Å². The highest BCUT2D eigenvalue weighted by atomic mass is 16.2. The normalized spacial score (nSPS) is 23.9. The Labute approximate surface area is 131 Å². The molecule has 5 nitrogen and oxygen atoms in total. The molecule has 0 radical (unpaired) electrons. The third-order valence-electron chi connectivity index (χ3n) is 4.81. The zero-order valence-corrected chi connectivity index (χ0v) is 12.8. The third kappa shape index (κ3) is 3.30. The predicted octanol–water partition coefficient (Wildman–Crippen LogP) is 0.985. The Kier molecular flexibility index (Phi) is 4.43. The van der Waals surface area contributed by atoms with E-state index in [1.54, 1.807) is 0 Å². The summed E-state index contributed by atoms with van der Waals surface area (Å²) in [7, 11) is 0. The number of carbonyl (C=O) groups excluding carboxylic acids is 2. The summed E-state index contributed by atoms with van der Waals surface area (Å²) >= 11 is 0. The van der Waals surface area contributed by atoms with Crippen molar-refractivity contribution in [3.8, 4) is 0 Å². The third-order valence-corrected chi connectivity index (χ3v) is 4.81. The fourth-order valence-electron chi connectivity index (χ4n) is 3.51. The molecule has 2 N–H and O–H groups in total. The van der Waals surface area contributed by atoms with Crippen LogP contribution in [0.15, 0.2) is 30.3 Å². The summed E-state index contributed by atoms with van der Waals surface area (Å²) in [6.07, 6.45) is 2.24. The fraction of sp³-hybridized carbons (Fsp3) is 0.529. The van der Waals surface area contributed by atoms with Crippen LogP contribution in [0.1, 0.15) is 24.8 Å². The van der Waals surface area contributed by atoms with Gasteiger partial charge >= 0.3 is 0 Å². The standard InChI is InChI=1S/C17H23N3O2/c18-17(22)14-10-16(21)20(12-14)15-6-8-19(9-7-15)11-13-4-2-1-3-5-13/h1-5,14-15H,6-12H2,(H2,18,22). The lowest BCUT2D eigenvalue weighted by Crippen LogP contribution is -2.45. The lowest BCUT2D eigenvalue weighted by molar-refractivity contribution is -0.130. The molecule has 1 aromatic carbocycles. The van der Waals surface area contributed by atoms with Crippen molar-refractivity contribution in [2.24, 2.45) is 11.7 Å². The number of amides is 2. The van der Waals surface area contributed by atoms with Gasteiger partial charge in [-0.3, -0.25) is 14.5 Å². The quantitative estimate of drug-likeness (QED) is 0.901. The molecule has 2 aliphatic heterocycles. The second-order valence-corrected chi connectivity index (χ2v) is 6.34. The van der Waals surface area contributed by atoms with Crippen LogP contribution in [-0.2, 0) is 16.1 Å². The highest BCUT2D eigenvalue weighted by molar-refractivity contribution is 5.88. The van der Waals surface area contributed by atoms with Crippen LogP contribution in [0.25, 0.3) is 0 Å². The smallest absolute Gasteiger partial charge is 0.223 e. The van der Waals surface area contributed by atoms with Crippen molar-refractivity contribution in [1.82, 2.24) is 9.80 Å². The van der Waals surface area contributed by atoms with E-state index < -0.39 is 0 Å². The minimum Gasteiger partial charge on any atom is -0.369 e. The molecule has 2 aliphatic rings. The first kappa shape index (κ1) is 15.0. The maximum Gasteiger partial charge on any atom is 0.223 e. The van der Waals surface area contributed by atoms with E-state index in [9.17, 15) is 9.59 Å². The lowest BCUT2D eigenvalue weighted by Gasteiger charge is -2.36. The monoisotopic (exact) mass is 301 g/mol. The number of hydrogen-bond acceptors (Lipinski definition) is 3. The van der Waals surface area contributed by atoms with Crippen LogP contribution in [-0.4, -0.2) is 47.3 Å². The van der Waals surface area contributed by atoms with Crippen molar-refractivity contribution < 1.29 is 9.59 Å². The fourth-order valence-corrected chi connectivity index (χ4v) is 3.51. The predicted molar refractivity (Wildman–Crippen MR) is 83.8 cm³/mol. The summed E-state index contributed by atoms with van der Waals surface area (Å²) in [5.74, 6) is -0.558. The molecule has 1 atom stereocenters. The summed E-state index contributed by atoms with van der Waals surface area (Å²) in [5, 5.41) is 0. The number of hydrogen-bond donors (Lipinski definition) is 1. The van der Waals surface area contributed by atoms with E-state index in [1.165, 1.54) is 5.56 Å². The zero-order valence-electron chi connectivity index (χ0n) is 12.8. The highest BCUT2D eigenvalue weighted by Gasteiger charge is 2.37. The van der Waals surface area contributed by atoms with E-state index in [0.29, 0.717) is 13.0 Å². The van der Waals surface area contributed by atoms with Crippen LogP contribution in [0.3, 0.4) is 0 Å². The second-order valence-electron chi connectivity index (χ2n) is 6.34. The first-order chi connectivity index (χ1) is 10.6. The van der Waals surface area contributed by atoms with Crippen LogP contribution in [0.2, 0.25) is 0 Å². The van der Waals surface area contributed by atoms with Crippen LogP contribution < -0.4 is 5.73 Å². The lowest BCUT2D eigenvalue weighted by atomic mass is 10.0. The molecule has 1 unspecified atom stereocenters. The van der Waals surface area contributed by atoms with Gasteiger partial charge in [0, 0.05) is 38.6 Å². The van der Waals surface area contributed by atoms with Crippen LogP contribution in [0.4, 0.5) is 0 Å². The Morgan fingerprint density at radius 3 is 2.45 bits per heavy atom. The number of piperidine rings is 1. The van der Waals surface area contributed by atoms with Gasteiger partial charge in [-0.1, -0.05) is 30.3 Å². The van der Waals surface area contributed by atoms with Crippen LogP contribution >= 0.6 is 0 Å². The van der Waals surface area contributed by atoms with Gasteiger partial charge in [0.2, 0.25) is 11.8 Å². The van der Waals surface area contributed by atoms with E-state index in [-0.39, 0.29) is 23.8 Å². The largest absolute Gasteiger partial charge is 0.369 e. The SMILES string of the molecule is NC(=O)C1CC(=O)N(C2CCN(Cc3ccccc3)CC2)C1. The molecule has 5 heteroatoms. The van der Waals surface area contributed by atoms with E-state index in [1.807, 2.05) is 11.0 Å². The zero-order chi connectivity index (χ0) is 15.5. The van der Waals surface area contributed by atoms with Crippen molar-refractivity contribution in [3.63, 3.8) is 0 Å². The Bertz CT molecular complexity index is 538. The summed E-state index contributed by atoms with van der Waals surface area (Å²) < 4.78 is 0. The molecule has 1 aromatic rings. The van der Waals surface area contributed by atoms with Gasteiger partial charge in [0.25, 0.3) is 0 Å². The van der Waals surface area contributed by atoms with Crippen LogP contribution in [0.5, 0.6) is 0 Å². The second kappa shape index (κ2) is 6.48. The average molecular weight is 301 g/mol. The summed E-state index contributed by atoms with van der Waals surface area (Å²) in [5.41, 5.74) is 6.66. The molecule has 2 heterocycles. The number of primary amides is 1. The number of rotatable bonds is 4. The van der Waals surface area contributed by atoms with Crippen molar-refractivity contribution in [3.05, 3.63) is 35.9 Å². The maximum absolute atomic E-state index is 12.1. The summed E-state index contributed by atoms with van der Waals surface area (Å²) in [6, 6.07) is 10.7. The van der Waals surface area contributed by atoms with Gasteiger partial charge in [-0.2, -0.15) is 0 Å². The first-order valence-electron chi connectivity index (χ1n) is 7.98. The highest BCUT2D eigenvalue weighted by Crippen LogP contribution is 2.25. The number of carbonyl (C=O) groups is 2. The van der Waals surface area contributed by atoms with Crippen molar-refractivity contribution >= 4 is 11.8 Å². The van der Waals surface area contributed by atoms with Crippen molar-refractivity contribution in [2.75, 3.05) is 19.6 Å². The first-order valence-corrected chi connectivity index (χ1v) is 7.98. The van der Waals surface area contributed by atoms with Crippen molar-refractivity contribution in [2.45, 2.75) is 31.8 Å². The molecular formula is C17H23N3O2. The molecule has 3 rings (SSSR count). The van der Waals surface area contributed by atoms with Crippen LogP contribution in [0, 0.1) is 5.92 Å². The molecule has 2 fully saturated rings. The van der Waals surface area contributed by atoms with Gasteiger partial charge in [0.05, 0.1) is 5.92 Å². The van der Waals surface area contributed by atoms with Gasteiger partial charge in [-0.25, -0.2) is 0 Å². The molecule has 22 heavy (non-hydrogen) atoms. The van der Waals surface area contributed by atoms with E-state index in [4.69, 9.17) is 5.73 Å². The van der Waals surface area contributed by atoms with E-state index in [0.717, 1.165) is 32.5 Å². The van der Waals surface area contributed by atoms with Gasteiger partial charge in [0.15, 0.2) is 0 Å². The minimum atomic E-state index is -0.350. The Morgan fingerprint density at radius 2 is 1.86 bits per heavy atom. The van der Waals surface area contributed by atoms with E-state index >= 15 is 0 Å².